The Morgan fingerprint density at radius 1 is 1.32 bits per heavy atom. The molecule has 0 saturated carbocycles. The lowest BCUT2D eigenvalue weighted by Crippen LogP contribution is -2.14. The van der Waals surface area contributed by atoms with Gasteiger partial charge in [0, 0.05) is 0 Å². The Bertz CT molecular complexity index is 1000. The lowest BCUT2D eigenvalue weighted by atomic mass is 10.2. The highest BCUT2D eigenvalue weighted by atomic mass is 16.5. The summed E-state index contributed by atoms with van der Waals surface area (Å²) in [5, 5.41) is 34.1. The zero-order valence-electron chi connectivity index (χ0n) is 13.2. The Labute approximate surface area is 144 Å². The van der Waals surface area contributed by atoms with E-state index in [0.29, 0.717) is 30.3 Å². The molecule has 1 atom stereocenters. The number of fused-ring (bicyclic) bond motifs is 1. The fraction of sp³-hybridized carbons (Fsp3) is 0.125. The van der Waals surface area contributed by atoms with Crippen LogP contribution in [0.3, 0.4) is 0 Å². The quantitative estimate of drug-likeness (QED) is 0.680. The monoisotopic (exact) mass is 331 g/mol. The van der Waals surface area contributed by atoms with Gasteiger partial charge in [-0.3, -0.25) is 4.98 Å². The Morgan fingerprint density at radius 2 is 2.16 bits per heavy atom. The number of rotatable bonds is 5. The first kappa shape index (κ1) is 16.3. The normalized spacial score (nSPS) is 11.4. The summed E-state index contributed by atoms with van der Waals surface area (Å²) in [6.07, 6.45) is 2.92. The Hall–Kier alpha value is -3.56. The first-order chi connectivity index (χ1) is 12.2. The van der Waals surface area contributed by atoms with Gasteiger partial charge in [-0.25, -0.2) is 4.52 Å². The van der Waals surface area contributed by atoms with Crippen LogP contribution in [-0.4, -0.2) is 33.3 Å². The number of aromatic nitrogens is 3. The van der Waals surface area contributed by atoms with Crippen LogP contribution in [0.4, 0.5) is 5.69 Å². The highest BCUT2D eigenvalue weighted by molar-refractivity contribution is 6.17. The third-order valence-corrected chi connectivity index (χ3v) is 3.50. The van der Waals surface area contributed by atoms with Gasteiger partial charge in [-0.15, -0.1) is 0 Å². The van der Waals surface area contributed by atoms with E-state index in [1.165, 1.54) is 12.4 Å². The molecule has 0 saturated heterocycles. The van der Waals surface area contributed by atoms with E-state index in [1.54, 1.807) is 23.6 Å². The third-order valence-electron chi connectivity index (χ3n) is 3.50. The van der Waals surface area contributed by atoms with Crippen LogP contribution in [0, 0.1) is 22.7 Å². The van der Waals surface area contributed by atoms with Gasteiger partial charge in [0.25, 0.3) is 0 Å². The standard InChI is InChI=1S/C16H12BN6O2/c1-10(6-18)22-14-5-13(20-9-16(14)25-17-24)15-3-2-12-4-11(7-19)8-21-23(12)15/h2-5,8-10,24H,1H3,(H,20,22)/t10-/m1/s1. The summed E-state index contributed by atoms with van der Waals surface area (Å²) in [7, 11) is 0.552. The fourth-order valence-corrected chi connectivity index (χ4v) is 2.37. The molecule has 25 heavy (non-hydrogen) atoms. The number of pyridine rings is 1. The predicted molar refractivity (Wildman–Crippen MR) is 90.4 cm³/mol. The molecule has 3 rings (SSSR count). The molecule has 0 spiro atoms. The Kier molecular flexibility index (Phi) is 4.51. The summed E-state index contributed by atoms with van der Waals surface area (Å²) in [6.45, 7) is 1.70. The second-order valence-electron chi connectivity index (χ2n) is 5.20. The van der Waals surface area contributed by atoms with Crippen LogP contribution in [0.25, 0.3) is 16.9 Å². The molecule has 0 bridgehead atoms. The number of nitriles is 2. The van der Waals surface area contributed by atoms with Gasteiger partial charge in [0.15, 0.2) is 0 Å². The lowest BCUT2D eigenvalue weighted by molar-refractivity contribution is 0.453. The lowest BCUT2D eigenvalue weighted by Gasteiger charge is -2.14. The number of hydrogen-bond acceptors (Lipinski definition) is 7. The molecule has 0 fully saturated rings. The van der Waals surface area contributed by atoms with Gasteiger partial charge in [0.2, 0.25) is 0 Å². The zero-order chi connectivity index (χ0) is 17.8. The number of hydrogen-bond donors (Lipinski definition) is 2. The van der Waals surface area contributed by atoms with Crippen molar-refractivity contribution in [1.82, 2.24) is 14.6 Å². The topological polar surface area (TPSA) is 119 Å². The maximum atomic E-state index is 8.99. The molecular weight excluding hydrogens is 319 g/mol. The van der Waals surface area contributed by atoms with Crippen molar-refractivity contribution in [2.75, 3.05) is 5.32 Å². The van der Waals surface area contributed by atoms with Gasteiger partial charge in [0.05, 0.1) is 46.6 Å². The molecule has 0 aliphatic heterocycles. The minimum atomic E-state index is -0.461. The molecule has 3 aromatic rings. The van der Waals surface area contributed by atoms with E-state index in [0.717, 1.165) is 5.52 Å². The van der Waals surface area contributed by atoms with Crippen molar-refractivity contribution >= 4 is 18.9 Å². The van der Waals surface area contributed by atoms with E-state index in [9.17, 15) is 0 Å². The summed E-state index contributed by atoms with van der Waals surface area (Å²) in [6, 6.07) is 10.8. The van der Waals surface area contributed by atoms with Gasteiger partial charge >= 0.3 is 7.69 Å². The molecule has 9 heteroatoms. The van der Waals surface area contributed by atoms with Crippen molar-refractivity contribution in [3.63, 3.8) is 0 Å². The molecular formula is C16H12BN6O2. The molecule has 0 aliphatic carbocycles. The molecule has 0 unspecified atom stereocenters. The average molecular weight is 331 g/mol. The molecule has 0 aromatic carbocycles. The second kappa shape index (κ2) is 6.91. The van der Waals surface area contributed by atoms with E-state index < -0.39 is 6.04 Å². The van der Waals surface area contributed by atoms with E-state index in [-0.39, 0.29) is 5.75 Å². The van der Waals surface area contributed by atoms with Crippen molar-refractivity contribution in [2.45, 2.75) is 13.0 Å². The molecule has 0 amide bonds. The maximum Gasteiger partial charge on any atom is 0.569 e. The minimum Gasteiger partial charge on any atom is -0.535 e. The van der Waals surface area contributed by atoms with Gasteiger partial charge < -0.3 is 15.0 Å². The number of nitrogens with zero attached hydrogens (tertiary/aromatic N) is 5. The van der Waals surface area contributed by atoms with E-state index in [2.05, 4.69) is 27.5 Å². The van der Waals surface area contributed by atoms with Crippen molar-refractivity contribution in [1.29, 1.82) is 10.5 Å². The maximum absolute atomic E-state index is 8.99. The van der Waals surface area contributed by atoms with Crippen LogP contribution in [0.5, 0.6) is 5.75 Å². The summed E-state index contributed by atoms with van der Waals surface area (Å²) < 4.78 is 6.68. The largest absolute Gasteiger partial charge is 0.569 e. The van der Waals surface area contributed by atoms with Crippen molar-refractivity contribution in [3.05, 3.63) is 42.2 Å². The molecule has 8 nitrogen and oxygen atoms in total. The van der Waals surface area contributed by atoms with Crippen molar-refractivity contribution in [2.24, 2.45) is 0 Å². The Balaban J connectivity index is 2.07. The van der Waals surface area contributed by atoms with Gasteiger partial charge in [-0.05, 0) is 31.2 Å². The minimum absolute atomic E-state index is 0.286. The predicted octanol–water partition coefficient (Wildman–Crippen LogP) is 1.50. The molecule has 3 heterocycles. The van der Waals surface area contributed by atoms with Crippen molar-refractivity contribution < 1.29 is 9.68 Å². The van der Waals surface area contributed by atoms with Crippen LogP contribution >= 0.6 is 0 Å². The second-order valence-corrected chi connectivity index (χ2v) is 5.20. The highest BCUT2D eigenvalue weighted by Gasteiger charge is 2.13. The van der Waals surface area contributed by atoms with Crippen LogP contribution in [0.1, 0.15) is 12.5 Å². The average Bonchev–Trinajstić information content (AvgIpc) is 3.06. The first-order valence-corrected chi connectivity index (χ1v) is 7.33. The van der Waals surface area contributed by atoms with Crippen molar-refractivity contribution in [3.8, 4) is 29.3 Å². The van der Waals surface area contributed by atoms with Gasteiger partial charge in [-0.1, -0.05) is 0 Å². The van der Waals surface area contributed by atoms with Crippen LogP contribution in [0.2, 0.25) is 0 Å². The molecule has 121 valence electrons. The molecule has 2 N–H and O–H groups in total. The number of anilines is 1. The smallest absolute Gasteiger partial charge is 0.535 e. The SMILES string of the molecule is C[C@H](C#N)Nc1cc(-c2ccc3cc(C#N)cnn23)ncc1O[B]O. The van der Waals surface area contributed by atoms with Crippen LogP contribution in [0.15, 0.2) is 36.7 Å². The number of nitrogens with one attached hydrogen (secondary N) is 1. The first-order valence-electron chi connectivity index (χ1n) is 7.33. The zero-order valence-corrected chi connectivity index (χ0v) is 13.2. The summed E-state index contributed by atoms with van der Waals surface area (Å²) in [4.78, 5) is 4.32. The van der Waals surface area contributed by atoms with Crippen LogP contribution in [-0.2, 0) is 0 Å². The molecule has 0 aliphatic rings. The Morgan fingerprint density at radius 3 is 2.88 bits per heavy atom. The summed E-state index contributed by atoms with van der Waals surface area (Å²) >= 11 is 0. The molecule has 1 radical (unpaired) electrons. The van der Waals surface area contributed by atoms with E-state index in [1.807, 2.05) is 12.1 Å². The van der Waals surface area contributed by atoms with E-state index >= 15 is 0 Å². The molecule has 3 aromatic heterocycles. The van der Waals surface area contributed by atoms with Crippen LogP contribution < -0.4 is 9.97 Å². The highest BCUT2D eigenvalue weighted by Crippen LogP contribution is 2.29. The van der Waals surface area contributed by atoms with E-state index in [4.69, 9.17) is 20.2 Å². The summed E-state index contributed by atoms with van der Waals surface area (Å²) in [5.74, 6) is 0.286. The summed E-state index contributed by atoms with van der Waals surface area (Å²) in [5.41, 5.74) is 3.05. The fourth-order valence-electron chi connectivity index (χ4n) is 2.37. The third kappa shape index (κ3) is 3.22. The van der Waals surface area contributed by atoms with Gasteiger partial charge in [0.1, 0.15) is 17.9 Å². The van der Waals surface area contributed by atoms with Gasteiger partial charge in [-0.2, -0.15) is 15.6 Å².